The Morgan fingerprint density at radius 1 is 1.24 bits per heavy atom. The number of thioether (sulfide) groups is 1. The lowest BCUT2D eigenvalue weighted by Gasteiger charge is -2.08. The number of alkyl halides is 1. The van der Waals surface area contributed by atoms with Gasteiger partial charge in [0.1, 0.15) is 11.6 Å². The van der Waals surface area contributed by atoms with Crippen molar-refractivity contribution in [2.75, 3.05) is 12.0 Å². The van der Waals surface area contributed by atoms with Gasteiger partial charge < -0.3 is 4.57 Å². The molecule has 0 fully saturated rings. The molecule has 0 unspecified atom stereocenters. The maximum atomic E-state index is 13.5. The van der Waals surface area contributed by atoms with Gasteiger partial charge in [-0.3, -0.25) is 0 Å². The minimum Gasteiger partial charge on any atom is -0.327 e. The van der Waals surface area contributed by atoms with Crippen molar-refractivity contribution in [3.63, 3.8) is 0 Å². The topological polar surface area (TPSA) is 17.8 Å². The number of fused-ring (bicyclic) bond motifs is 1. The molecule has 0 bridgehead atoms. The Morgan fingerprint density at radius 2 is 2.00 bits per heavy atom. The van der Waals surface area contributed by atoms with Crippen LogP contribution in [0.2, 0.25) is 5.02 Å². The van der Waals surface area contributed by atoms with Crippen LogP contribution >= 0.6 is 35.0 Å². The average Bonchev–Trinajstić information content (AvgIpc) is 2.80. The normalized spacial score (nSPS) is 11.4. The smallest absolute Gasteiger partial charge is 0.144 e. The highest BCUT2D eigenvalue weighted by molar-refractivity contribution is 7.98. The molecule has 0 aliphatic heterocycles. The Kier molecular flexibility index (Phi) is 6.65. The SMILES string of the molecule is CSCCCCCCn1c(CCl)nc2cc(F)c(Cl)cc21. The molecule has 0 aliphatic carbocycles. The third-order valence-corrected chi connectivity index (χ3v) is 4.69. The maximum Gasteiger partial charge on any atom is 0.144 e. The van der Waals surface area contributed by atoms with Crippen molar-refractivity contribution in [1.29, 1.82) is 0 Å². The fourth-order valence-electron chi connectivity index (χ4n) is 2.39. The van der Waals surface area contributed by atoms with E-state index in [1.54, 1.807) is 6.07 Å². The van der Waals surface area contributed by atoms with Crippen molar-refractivity contribution >= 4 is 46.0 Å². The zero-order valence-corrected chi connectivity index (χ0v) is 14.4. The number of hydrogen-bond acceptors (Lipinski definition) is 2. The Balaban J connectivity index is 2.08. The molecule has 0 saturated carbocycles. The van der Waals surface area contributed by atoms with Crippen LogP contribution in [0.1, 0.15) is 31.5 Å². The van der Waals surface area contributed by atoms with Crippen LogP contribution in [0.15, 0.2) is 12.1 Å². The van der Waals surface area contributed by atoms with E-state index in [0.717, 1.165) is 24.3 Å². The molecule has 0 N–H and O–H groups in total. The second-order valence-corrected chi connectivity index (χ2v) is 6.64. The van der Waals surface area contributed by atoms with Crippen LogP contribution in [0.3, 0.4) is 0 Å². The van der Waals surface area contributed by atoms with Gasteiger partial charge in [-0.2, -0.15) is 11.8 Å². The summed E-state index contributed by atoms with van der Waals surface area (Å²) in [4.78, 5) is 4.39. The lowest BCUT2D eigenvalue weighted by Crippen LogP contribution is -2.02. The number of aromatic nitrogens is 2. The summed E-state index contributed by atoms with van der Waals surface area (Å²) in [5.41, 5.74) is 1.48. The van der Waals surface area contributed by atoms with Gasteiger partial charge >= 0.3 is 0 Å². The van der Waals surface area contributed by atoms with Crippen molar-refractivity contribution in [3.05, 3.63) is 28.8 Å². The van der Waals surface area contributed by atoms with E-state index < -0.39 is 5.82 Å². The standard InChI is InChI=1S/C15H19Cl2FN2S/c1-21-7-5-3-2-4-6-20-14-8-11(17)12(18)9-13(14)19-15(20)10-16/h8-9H,2-7,10H2,1H3. The number of benzene rings is 1. The lowest BCUT2D eigenvalue weighted by atomic mass is 10.2. The highest BCUT2D eigenvalue weighted by Gasteiger charge is 2.12. The van der Waals surface area contributed by atoms with Crippen LogP contribution in [-0.4, -0.2) is 21.6 Å². The van der Waals surface area contributed by atoms with Crippen molar-refractivity contribution in [2.24, 2.45) is 0 Å². The van der Waals surface area contributed by atoms with Crippen LogP contribution < -0.4 is 0 Å². The third-order valence-electron chi connectivity index (χ3n) is 3.47. The number of unbranched alkanes of at least 4 members (excludes halogenated alkanes) is 3. The van der Waals surface area contributed by atoms with E-state index in [4.69, 9.17) is 23.2 Å². The summed E-state index contributed by atoms with van der Waals surface area (Å²) in [5, 5.41) is 0.129. The second kappa shape index (κ2) is 8.25. The van der Waals surface area contributed by atoms with Crippen molar-refractivity contribution in [2.45, 2.75) is 38.1 Å². The van der Waals surface area contributed by atoms with E-state index >= 15 is 0 Å². The van der Waals surface area contributed by atoms with E-state index in [9.17, 15) is 4.39 Å². The Hall–Kier alpha value is -0.450. The monoisotopic (exact) mass is 348 g/mol. The molecule has 0 atom stereocenters. The quantitative estimate of drug-likeness (QED) is 0.463. The van der Waals surface area contributed by atoms with Gasteiger partial charge in [-0.1, -0.05) is 24.4 Å². The summed E-state index contributed by atoms with van der Waals surface area (Å²) in [6.45, 7) is 0.847. The Bertz CT molecular complexity index is 601. The van der Waals surface area contributed by atoms with Crippen LogP contribution in [0.5, 0.6) is 0 Å². The van der Waals surface area contributed by atoms with Gasteiger partial charge in [-0.25, -0.2) is 9.37 Å². The maximum absolute atomic E-state index is 13.5. The van der Waals surface area contributed by atoms with Gasteiger partial charge in [0.15, 0.2) is 0 Å². The van der Waals surface area contributed by atoms with Crippen LogP contribution in [-0.2, 0) is 12.4 Å². The summed E-state index contributed by atoms with van der Waals surface area (Å²) in [6, 6.07) is 3.02. The summed E-state index contributed by atoms with van der Waals surface area (Å²) in [6.07, 6.45) is 6.87. The fourth-order valence-corrected chi connectivity index (χ4v) is 3.25. The first-order valence-electron chi connectivity index (χ1n) is 7.06. The first-order chi connectivity index (χ1) is 10.2. The van der Waals surface area contributed by atoms with Gasteiger partial charge in [0.05, 0.1) is 21.9 Å². The number of imidazole rings is 1. The minimum absolute atomic E-state index is 0.129. The van der Waals surface area contributed by atoms with Crippen molar-refractivity contribution in [3.8, 4) is 0 Å². The highest BCUT2D eigenvalue weighted by atomic mass is 35.5. The van der Waals surface area contributed by atoms with Crippen LogP contribution in [0.25, 0.3) is 11.0 Å². The van der Waals surface area contributed by atoms with Gasteiger partial charge in [-0.15, -0.1) is 11.6 Å². The largest absolute Gasteiger partial charge is 0.327 e. The van der Waals surface area contributed by atoms with E-state index in [-0.39, 0.29) is 5.02 Å². The number of rotatable bonds is 8. The molecule has 2 nitrogen and oxygen atoms in total. The predicted molar refractivity (Wildman–Crippen MR) is 91.1 cm³/mol. The van der Waals surface area contributed by atoms with E-state index in [1.165, 1.54) is 31.1 Å². The molecule has 1 aromatic heterocycles. The number of halogens is 3. The Morgan fingerprint density at radius 3 is 2.71 bits per heavy atom. The van der Waals surface area contributed by atoms with E-state index in [0.29, 0.717) is 11.4 Å². The summed E-state index contributed by atoms with van der Waals surface area (Å²) < 4.78 is 15.6. The first kappa shape index (κ1) is 16.9. The predicted octanol–water partition coefficient (Wildman–Crippen LogP) is 5.49. The van der Waals surface area contributed by atoms with Gasteiger partial charge in [0.25, 0.3) is 0 Å². The highest BCUT2D eigenvalue weighted by Crippen LogP contribution is 2.25. The molecule has 0 aliphatic rings. The molecule has 0 amide bonds. The lowest BCUT2D eigenvalue weighted by molar-refractivity contribution is 0.582. The zero-order chi connectivity index (χ0) is 15.2. The Labute approximate surface area is 139 Å². The third kappa shape index (κ3) is 4.27. The number of aryl methyl sites for hydroxylation is 1. The molecular formula is C15H19Cl2FN2S. The molecule has 0 radical (unpaired) electrons. The number of nitrogens with zero attached hydrogens (tertiary/aromatic N) is 2. The summed E-state index contributed by atoms with van der Waals surface area (Å²) >= 11 is 13.7. The molecule has 2 aromatic rings. The molecule has 6 heteroatoms. The van der Waals surface area contributed by atoms with E-state index in [2.05, 4.69) is 15.8 Å². The summed E-state index contributed by atoms with van der Waals surface area (Å²) in [5.74, 6) is 1.88. The molecule has 1 aromatic carbocycles. The fraction of sp³-hybridized carbons (Fsp3) is 0.533. The van der Waals surface area contributed by atoms with Gasteiger partial charge in [-0.05, 0) is 30.9 Å². The van der Waals surface area contributed by atoms with Crippen molar-refractivity contribution < 1.29 is 4.39 Å². The van der Waals surface area contributed by atoms with Gasteiger partial charge in [0, 0.05) is 12.6 Å². The van der Waals surface area contributed by atoms with Gasteiger partial charge in [0.2, 0.25) is 0 Å². The minimum atomic E-state index is -0.438. The van der Waals surface area contributed by atoms with E-state index in [1.807, 2.05) is 11.8 Å². The molecule has 1 heterocycles. The van der Waals surface area contributed by atoms with Crippen LogP contribution in [0, 0.1) is 5.82 Å². The zero-order valence-electron chi connectivity index (χ0n) is 12.0. The number of hydrogen-bond donors (Lipinski definition) is 0. The van der Waals surface area contributed by atoms with Crippen molar-refractivity contribution in [1.82, 2.24) is 9.55 Å². The molecule has 116 valence electrons. The second-order valence-electron chi connectivity index (χ2n) is 4.98. The molecular weight excluding hydrogens is 330 g/mol. The summed E-state index contributed by atoms with van der Waals surface area (Å²) in [7, 11) is 0. The average molecular weight is 349 g/mol. The molecule has 21 heavy (non-hydrogen) atoms. The molecule has 2 rings (SSSR count). The molecule has 0 spiro atoms. The molecule has 0 saturated heterocycles. The first-order valence-corrected chi connectivity index (χ1v) is 9.37. The van der Waals surface area contributed by atoms with Crippen LogP contribution in [0.4, 0.5) is 4.39 Å².